The fourth-order valence-electron chi connectivity index (χ4n) is 2.91. The van der Waals surface area contributed by atoms with Crippen molar-refractivity contribution in [3.8, 4) is 0 Å². The first-order valence-electron chi connectivity index (χ1n) is 7.42. The van der Waals surface area contributed by atoms with Crippen LogP contribution in [0.4, 0.5) is 10.1 Å². The fourth-order valence-corrected chi connectivity index (χ4v) is 4.66. The number of anilines is 1. The number of halogens is 1. The van der Waals surface area contributed by atoms with E-state index >= 15 is 0 Å². The molecule has 0 bridgehead atoms. The van der Waals surface area contributed by atoms with Gasteiger partial charge in [0.05, 0.1) is 11.4 Å². The van der Waals surface area contributed by atoms with Gasteiger partial charge in [0.25, 0.3) is 0 Å². The van der Waals surface area contributed by atoms with Gasteiger partial charge in [-0.1, -0.05) is 6.07 Å². The highest BCUT2D eigenvalue weighted by atomic mass is 32.2. The second-order valence-corrected chi connectivity index (χ2v) is 7.51. The van der Waals surface area contributed by atoms with E-state index in [0.717, 1.165) is 5.69 Å². The van der Waals surface area contributed by atoms with E-state index in [1.54, 1.807) is 19.9 Å². The number of sulfonamides is 1. The molecule has 2 aromatic rings. The number of H-pyrrole nitrogens is 1. The molecule has 1 saturated heterocycles. The third-order valence-corrected chi connectivity index (χ3v) is 6.23. The Hall–Kier alpha value is -1.93. The Morgan fingerprint density at radius 2 is 1.87 bits per heavy atom. The highest BCUT2D eigenvalue weighted by molar-refractivity contribution is 7.89. The monoisotopic (exact) mass is 338 g/mol. The van der Waals surface area contributed by atoms with Gasteiger partial charge in [0.1, 0.15) is 10.7 Å². The molecule has 6 nitrogen and oxygen atoms in total. The highest BCUT2D eigenvalue weighted by Gasteiger charge is 2.32. The first-order chi connectivity index (χ1) is 10.9. The molecule has 1 aromatic heterocycles. The van der Waals surface area contributed by atoms with Gasteiger partial charge in [0.15, 0.2) is 0 Å². The molecular formula is C15H19FN4O2S. The molecule has 2 heterocycles. The van der Waals surface area contributed by atoms with Crippen molar-refractivity contribution in [2.24, 2.45) is 0 Å². The van der Waals surface area contributed by atoms with Crippen LogP contribution in [0.3, 0.4) is 0 Å². The number of piperazine rings is 1. The van der Waals surface area contributed by atoms with Gasteiger partial charge in [-0.3, -0.25) is 5.10 Å². The van der Waals surface area contributed by atoms with E-state index in [0.29, 0.717) is 37.6 Å². The summed E-state index contributed by atoms with van der Waals surface area (Å²) in [5, 5.41) is 6.68. The Bertz CT molecular complexity index is 791. The molecule has 124 valence electrons. The summed E-state index contributed by atoms with van der Waals surface area (Å²) in [6, 6.07) is 6.35. The lowest BCUT2D eigenvalue weighted by atomic mass is 10.2. The largest absolute Gasteiger partial charge is 0.369 e. The predicted octanol–water partition coefficient (Wildman–Crippen LogP) is 1.68. The van der Waals surface area contributed by atoms with Crippen LogP contribution in [0, 0.1) is 19.7 Å². The first-order valence-corrected chi connectivity index (χ1v) is 8.86. The van der Waals surface area contributed by atoms with Gasteiger partial charge in [-0.25, -0.2) is 12.8 Å². The van der Waals surface area contributed by atoms with Gasteiger partial charge < -0.3 is 4.90 Å². The summed E-state index contributed by atoms with van der Waals surface area (Å²) in [5.74, 6) is -0.290. The maximum Gasteiger partial charge on any atom is 0.246 e. The van der Waals surface area contributed by atoms with Gasteiger partial charge in [-0.15, -0.1) is 0 Å². The van der Waals surface area contributed by atoms with Crippen molar-refractivity contribution in [2.75, 3.05) is 31.1 Å². The van der Waals surface area contributed by atoms with Gasteiger partial charge in [0, 0.05) is 31.9 Å². The topological polar surface area (TPSA) is 69.3 Å². The Kier molecular flexibility index (Phi) is 4.11. The lowest BCUT2D eigenvalue weighted by Crippen LogP contribution is -2.48. The highest BCUT2D eigenvalue weighted by Crippen LogP contribution is 2.24. The molecule has 1 aliphatic heterocycles. The maximum atomic E-state index is 13.3. The molecule has 1 fully saturated rings. The van der Waals surface area contributed by atoms with E-state index in [1.165, 1.54) is 16.4 Å². The summed E-state index contributed by atoms with van der Waals surface area (Å²) in [5.41, 5.74) is 1.81. The van der Waals surface area contributed by atoms with Crippen LogP contribution in [-0.4, -0.2) is 49.1 Å². The average molecular weight is 338 g/mol. The molecular weight excluding hydrogens is 319 g/mol. The summed E-state index contributed by atoms with van der Waals surface area (Å²) in [6.07, 6.45) is 0. The van der Waals surface area contributed by atoms with Gasteiger partial charge in [0.2, 0.25) is 10.0 Å². The van der Waals surface area contributed by atoms with Gasteiger partial charge >= 0.3 is 0 Å². The molecule has 8 heteroatoms. The minimum absolute atomic E-state index is 0.261. The third-order valence-electron chi connectivity index (χ3n) is 4.07. The van der Waals surface area contributed by atoms with E-state index in [-0.39, 0.29) is 10.7 Å². The van der Waals surface area contributed by atoms with Crippen LogP contribution in [0.5, 0.6) is 0 Å². The SMILES string of the molecule is Cc1n[nH]c(C)c1S(=O)(=O)N1CCN(c2cccc(F)c2)CC1. The van der Waals surface area contributed by atoms with Crippen LogP contribution in [0.15, 0.2) is 29.2 Å². The Labute approximate surface area is 135 Å². The normalized spacial score (nSPS) is 16.7. The van der Waals surface area contributed by atoms with Crippen molar-refractivity contribution in [1.29, 1.82) is 0 Å². The Morgan fingerprint density at radius 1 is 1.17 bits per heavy atom. The van der Waals surface area contributed by atoms with Crippen molar-refractivity contribution in [3.05, 3.63) is 41.5 Å². The molecule has 0 atom stereocenters. The fraction of sp³-hybridized carbons (Fsp3) is 0.400. The second kappa shape index (κ2) is 5.93. The van der Waals surface area contributed by atoms with E-state index in [9.17, 15) is 12.8 Å². The van der Waals surface area contributed by atoms with Crippen molar-refractivity contribution in [2.45, 2.75) is 18.7 Å². The number of benzene rings is 1. The van der Waals surface area contributed by atoms with Gasteiger partial charge in [-0.05, 0) is 32.0 Å². The molecule has 0 amide bonds. The summed E-state index contributed by atoms with van der Waals surface area (Å²) in [4.78, 5) is 2.25. The summed E-state index contributed by atoms with van der Waals surface area (Å²) in [7, 11) is -3.55. The smallest absolute Gasteiger partial charge is 0.246 e. The second-order valence-electron chi connectivity index (χ2n) is 5.63. The van der Waals surface area contributed by atoms with Crippen molar-refractivity contribution < 1.29 is 12.8 Å². The van der Waals surface area contributed by atoms with E-state index in [2.05, 4.69) is 10.2 Å². The van der Waals surface area contributed by atoms with Crippen LogP contribution in [0.1, 0.15) is 11.4 Å². The molecule has 1 N–H and O–H groups in total. The van der Waals surface area contributed by atoms with Crippen molar-refractivity contribution >= 4 is 15.7 Å². The zero-order valence-corrected chi connectivity index (χ0v) is 13.9. The minimum atomic E-state index is -3.55. The summed E-state index contributed by atoms with van der Waals surface area (Å²) >= 11 is 0. The predicted molar refractivity (Wildman–Crippen MR) is 85.4 cm³/mol. The van der Waals surface area contributed by atoms with Crippen molar-refractivity contribution in [1.82, 2.24) is 14.5 Å². The molecule has 1 aliphatic rings. The lowest BCUT2D eigenvalue weighted by molar-refractivity contribution is 0.384. The first kappa shape index (κ1) is 15.9. The van der Waals surface area contributed by atoms with Crippen molar-refractivity contribution in [3.63, 3.8) is 0 Å². The van der Waals surface area contributed by atoms with E-state index < -0.39 is 10.0 Å². The quantitative estimate of drug-likeness (QED) is 0.924. The van der Waals surface area contributed by atoms with Crippen LogP contribution in [0.2, 0.25) is 0 Å². The van der Waals surface area contributed by atoms with Crippen LogP contribution in [0.25, 0.3) is 0 Å². The molecule has 0 radical (unpaired) electrons. The molecule has 0 aliphatic carbocycles. The van der Waals surface area contributed by atoms with E-state index in [4.69, 9.17) is 0 Å². The van der Waals surface area contributed by atoms with Crippen LogP contribution in [-0.2, 0) is 10.0 Å². The standard InChI is InChI=1S/C15H19FN4O2S/c1-11-15(12(2)18-17-11)23(21,22)20-8-6-19(7-9-20)14-5-3-4-13(16)10-14/h3-5,10H,6-9H2,1-2H3,(H,17,18). The maximum absolute atomic E-state index is 13.3. The number of aromatic amines is 1. The number of hydrogen-bond donors (Lipinski definition) is 1. The zero-order chi connectivity index (χ0) is 16.6. The third kappa shape index (κ3) is 2.96. The number of hydrogen-bond acceptors (Lipinski definition) is 4. The summed E-state index contributed by atoms with van der Waals surface area (Å²) < 4.78 is 40.3. The molecule has 1 aromatic carbocycles. The van der Waals surface area contributed by atoms with Crippen LogP contribution >= 0.6 is 0 Å². The Morgan fingerprint density at radius 3 is 2.43 bits per heavy atom. The molecule has 0 saturated carbocycles. The number of aromatic nitrogens is 2. The molecule has 0 unspecified atom stereocenters. The number of aryl methyl sites for hydroxylation is 2. The van der Waals surface area contributed by atoms with E-state index in [1.807, 2.05) is 11.0 Å². The number of nitrogens with zero attached hydrogens (tertiary/aromatic N) is 3. The van der Waals surface area contributed by atoms with Gasteiger partial charge in [-0.2, -0.15) is 9.40 Å². The van der Waals surface area contributed by atoms with Crippen LogP contribution < -0.4 is 4.90 Å². The molecule has 0 spiro atoms. The average Bonchev–Trinajstić information content (AvgIpc) is 2.87. The number of nitrogens with one attached hydrogen (secondary N) is 1. The molecule has 3 rings (SSSR count). The lowest BCUT2D eigenvalue weighted by Gasteiger charge is -2.35. The summed E-state index contributed by atoms with van der Waals surface area (Å²) in [6.45, 7) is 5.17. The zero-order valence-electron chi connectivity index (χ0n) is 13.1. The minimum Gasteiger partial charge on any atom is -0.369 e. The number of rotatable bonds is 3. The molecule has 23 heavy (non-hydrogen) atoms. The Balaban J connectivity index is 1.76.